The number of nitrogens with zero attached hydrogens (tertiary/aromatic N) is 1. The van der Waals surface area contributed by atoms with Crippen molar-refractivity contribution in [2.45, 2.75) is 32.4 Å². The van der Waals surface area contributed by atoms with Gasteiger partial charge in [0.2, 0.25) is 0 Å². The summed E-state index contributed by atoms with van der Waals surface area (Å²) in [6.45, 7) is 8.51. The first-order valence-corrected chi connectivity index (χ1v) is 5.21. The molecule has 0 aromatic rings. The van der Waals surface area contributed by atoms with Crippen molar-refractivity contribution in [1.29, 1.82) is 0 Å². The number of hydrogen-bond donors (Lipinski definition) is 1. The Morgan fingerprint density at radius 3 is 2.69 bits per heavy atom. The fourth-order valence-electron chi connectivity index (χ4n) is 2.37. The summed E-state index contributed by atoms with van der Waals surface area (Å²) in [5.74, 6) is 0. The van der Waals surface area contributed by atoms with Gasteiger partial charge >= 0.3 is 0 Å². The van der Waals surface area contributed by atoms with Gasteiger partial charge in [-0.3, -0.25) is 4.90 Å². The molecule has 3 heteroatoms. The maximum absolute atomic E-state index is 6.09. The molecule has 13 heavy (non-hydrogen) atoms. The number of nitrogens with two attached hydrogens (primary N) is 1. The molecule has 0 radical (unpaired) electrons. The Balaban J connectivity index is 1.93. The summed E-state index contributed by atoms with van der Waals surface area (Å²) >= 11 is 0. The Bertz CT molecular complexity index is 187. The maximum atomic E-state index is 6.09. The second kappa shape index (κ2) is 3.23. The summed E-state index contributed by atoms with van der Waals surface area (Å²) < 4.78 is 5.37. The average Bonchev–Trinajstić information content (AvgIpc) is 2.01. The molecule has 0 aliphatic carbocycles. The molecule has 2 N–H and O–H groups in total. The Hall–Kier alpha value is -0.120. The topological polar surface area (TPSA) is 38.5 Å². The lowest BCUT2D eigenvalue weighted by atomic mass is 9.70. The van der Waals surface area contributed by atoms with Crippen molar-refractivity contribution in [2.75, 3.05) is 26.3 Å². The van der Waals surface area contributed by atoms with Crippen LogP contribution in [0.15, 0.2) is 0 Å². The molecule has 0 aromatic heterocycles. The molecule has 76 valence electrons. The molecule has 3 nitrogen and oxygen atoms in total. The molecule has 2 aliphatic rings. The van der Waals surface area contributed by atoms with E-state index in [9.17, 15) is 0 Å². The normalized spacial score (nSPS) is 33.7. The predicted octanol–water partition coefficient (Wildman–Crippen LogP) is 0.444. The van der Waals surface area contributed by atoms with Crippen LogP contribution in [0.5, 0.6) is 0 Å². The van der Waals surface area contributed by atoms with Crippen molar-refractivity contribution in [3.63, 3.8) is 0 Å². The second-order valence-corrected chi connectivity index (χ2v) is 4.79. The summed E-state index contributed by atoms with van der Waals surface area (Å²) in [4.78, 5) is 2.49. The van der Waals surface area contributed by atoms with Crippen molar-refractivity contribution in [3.8, 4) is 0 Å². The van der Waals surface area contributed by atoms with Gasteiger partial charge in [-0.05, 0) is 20.3 Å². The van der Waals surface area contributed by atoms with Gasteiger partial charge in [-0.2, -0.15) is 0 Å². The Morgan fingerprint density at radius 1 is 1.46 bits per heavy atom. The smallest absolute Gasteiger partial charge is 0.0623 e. The SMILES string of the molecule is CC(C)N1CC2(CCOCC2N)C1. The van der Waals surface area contributed by atoms with Crippen molar-refractivity contribution < 1.29 is 4.74 Å². The second-order valence-electron chi connectivity index (χ2n) is 4.79. The van der Waals surface area contributed by atoms with Crippen LogP contribution >= 0.6 is 0 Å². The van der Waals surface area contributed by atoms with Gasteiger partial charge in [-0.1, -0.05) is 0 Å². The molecule has 2 saturated heterocycles. The molecular weight excluding hydrogens is 164 g/mol. The minimum atomic E-state index is 0.260. The van der Waals surface area contributed by atoms with Gasteiger partial charge in [-0.15, -0.1) is 0 Å². The van der Waals surface area contributed by atoms with E-state index in [1.807, 2.05) is 0 Å². The minimum Gasteiger partial charge on any atom is -0.380 e. The highest BCUT2D eigenvalue weighted by Crippen LogP contribution is 2.39. The molecule has 1 spiro atoms. The van der Waals surface area contributed by atoms with Gasteiger partial charge in [-0.25, -0.2) is 0 Å². The Morgan fingerprint density at radius 2 is 2.15 bits per heavy atom. The van der Waals surface area contributed by atoms with E-state index >= 15 is 0 Å². The van der Waals surface area contributed by atoms with Crippen molar-refractivity contribution in [2.24, 2.45) is 11.1 Å². The standard InChI is InChI=1S/C10H20N2O/c1-8(2)12-6-10(7-12)3-4-13-5-9(10)11/h8-9H,3-7,11H2,1-2H3. The minimum absolute atomic E-state index is 0.260. The molecule has 0 bridgehead atoms. The zero-order chi connectivity index (χ0) is 9.47. The highest BCUT2D eigenvalue weighted by molar-refractivity contribution is 5.03. The molecule has 1 atom stereocenters. The summed E-state index contributed by atoms with van der Waals surface area (Å²) in [6, 6.07) is 0.928. The van der Waals surface area contributed by atoms with Gasteiger partial charge in [0, 0.05) is 37.2 Å². The lowest BCUT2D eigenvalue weighted by Crippen LogP contribution is -2.68. The fraction of sp³-hybridized carbons (Fsp3) is 1.00. The van der Waals surface area contributed by atoms with Crippen LogP contribution in [0.3, 0.4) is 0 Å². The Labute approximate surface area is 80.2 Å². The van der Waals surface area contributed by atoms with Crippen molar-refractivity contribution >= 4 is 0 Å². The van der Waals surface area contributed by atoms with Gasteiger partial charge in [0.1, 0.15) is 0 Å². The van der Waals surface area contributed by atoms with E-state index in [0.717, 1.165) is 19.6 Å². The van der Waals surface area contributed by atoms with E-state index in [1.165, 1.54) is 13.1 Å². The van der Waals surface area contributed by atoms with Crippen LogP contribution < -0.4 is 5.73 Å². The molecule has 0 aromatic carbocycles. The highest BCUT2D eigenvalue weighted by atomic mass is 16.5. The molecular formula is C10H20N2O. The molecule has 0 amide bonds. The van der Waals surface area contributed by atoms with Crippen LogP contribution in [0.2, 0.25) is 0 Å². The monoisotopic (exact) mass is 184 g/mol. The number of hydrogen-bond acceptors (Lipinski definition) is 3. The van der Waals surface area contributed by atoms with Gasteiger partial charge in [0.05, 0.1) is 6.61 Å². The average molecular weight is 184 g/mol. The number of rotatable bonds is 1. The van der Waals surface area contributed by atoms with Crippen LogP contribution in [0.4, 0.5) is 0 Å². The first-order chi connectivity index (χ1) is 6.14. The van der Waals surface area contributed by atoms with E-state index in [0.29, 0.717) is 11.5 Å². The molecule has 1 unspecified atom stereocenters. The third-order valence-electron chi connectivity index (χ3n) is 3.59. The van der Waals surface area contributed by atoms with Crippen LogP contribution in [-0.2, 0) is 4.74 Å². The lowest BCUT2D eigenvalue weighted by molar-refractivity contribution is -0.106. The fourth-order valence-corrected chi connectivity index (χ4v) is 2.37. The molecule has 2 fully saturated rings. The van der Waals surface area contributed by atoms with E-state index < -0.39 is 0 Å². The number of likely N-dealkylation sites (tertiary alicyclic amines) is 1. The first-order valence-electron chi connectivity index (χ1n) is 5.21. The Kier molecular flexibility index (Phi) is 2.34. The van der Waals surface area contributed by atoms with Crippen LogP contribution in [0.25, 0.3) is 0 Å². The summed E-state index contributed by atoms with van der Waals surface area (Å²) in [7, 11) is 0. The van der Waals surface area contributed by atoms with Gasteiger partial charge in [0.15, 0.2) is 0 Å². The molecule has 2 aliphatic heterocycles. The predicted molar refractivity (Wildman–Crippen MR) is 52.6 cm³/mol. The van der Waals surface area contributed by atoms with Gasteiger partial charge < -0.3 is 10.5 Å². The van der Waals surface area contributed by atoms with Gasteiger partial charge in [0.25, 0.3) is 0 Å². The van der Waals surface area contributed by atoms with Crippen LogP contribution in [0, 0.1) is 5.41 Å². The first kappa shape index (κ1) is 9.44. The maximum Gasteiger partial charge on any atom is 0.0623 e. The molecule has 0 saturated carbocycles. The highest BCUT2D eigenvalue weighted by Gasteiger charge is 2.49. The quantitative estimate of drug-likeness (QED) is 0.643. The zero-order valence-electron chi connectivity index (χ0n) is 8.62. The number of ether oxygens (including phenoxy) is 1. The summed E-state index contributed by atoms with van der Waals surface area (Å²) in [5.41, 5.74) is 6.48. The largest absolute Gasteiger partial charge is 0.380 e. The van der Waals surface area contributed by atoms with E-state index in [2.05, 4.69) is 18.7 Å². The van der Waals surface area contributed by atoms with E-state index in [-0.39, 0.29) is 6.04 Å². The molecule has 2 rings (SSSR count). The van der Waals surface area contributed by atoms with E-state index in [1.54, 1.807) is 0 Å². The van der Waals surface area contributed by atoms with Crippen molar-refractivity contribution in [1.82, 2.24) is 4.90 Å². The molecule has 2 heterocycles. The van der Waals surface area contributed by atoms with Crippen molar-refractivity contribution in [3.05, 3.63) is 0 Å². The van der Waals surface area contributed by atoms with Crippen LogP contribution in [-0.4, -0.2) is 43.3 Å². The van der Waals surface area contributed by atoms with E-state index in [4.69, 9.17) is 10.5 Å². The van der Waals surface area contributed by atoms with Crippen LogP contribution in [0.1, 0.15) is 20.3 Å². The summed E-state index contributed by atoms with van der Waals surface area (Å²) in [5, 5.41) is 0. The lowest BCUT2D eigenvalue weighted by Gasteiger charge is -2.56. The third kappa shape index (κ3) is 1.49. The zero-order valence-corrected chi connectivity index (χ0v) is 8.62. The third-order valence-corrected chi connectivity index (χ3v) is 3.59. The summed E-state index contributed by atoms with van der Waals surface area (Å²) in [6.07, 6.45) is 1.15.